The number of nitrogens with zero attached hydrogens (tertiary/aromatic N) is 4. The first-order valence-electron chi connectivity index (χ1n) is 13.4. The third-order valence-corrected chi connectivity index (χ3v) is 6.70. The summed E-state index contributed by atoms with van der Waals surface area (Å²) >= 11 is 0. The van der Waals surface area contributed by atoms with E-state index in [1.165, 1.54) is 12.5 Å². The van der Waals surface area contributed by atoms with Gasteiger partial charge < -0.3 is 25.7 Å². The van der Waals surface area contributed by atoms with Crippen LogP contribution in [0.2, 0.25) is 0 Å². The molecular weight excluding hydrogens is 528 g/mol. The molecule has 1 aromatic carbocycles. The van der Waals surface area contributed by atoms with E-state index in [0.717, 1.165) is 5.56 Å². The minimum atomic E-state index is -0.894. The van der Waals surface area contributed by atoms with Gasteiger partial charge >= 0.3 is 0 Å². The highest BCUT2D eigenvalue weighted by atomic mass is 16.3. The van der Waals surface area contributed by atoms with E-state index < -0.39 is 35.8 Å². The van der Waals surface area contributed by atoms with Gasteiger partial charge in [0.2, 0.25) is 23.5 Å². The molecule has 212 valence electrons. The number of hydrogen-bond acceptors (Lipinski definition) is 8. The zero-order valence-corrected chi connectivity index (χ0v) is 22.4. The summed E-state index contributed by atoms with van der Waals surface area (Å²) in [6.07, 6.45) is 7.69. The number of rotatable bonds is 4. The van der Waals surface area contributed by atoms with Crippen molar-refractivity contribution in [3.63, 3.8) is 0 Å². The number of nitrogens with one attached hydrogen (secondary N) is 4. The fourth-order valence-corrected chi connectivity index (χ4v) is 4.51. The molecule has 1 aliphatic heterocycles. The lowest BCUT2D eigenvalue weighted by Crippen LogP contribution is -2.49. The number of benzene rings is 1. The highest BCUT2D eigenvalue weighted by Crippen LogP contribution is 2.15. The molecule has 4 aromatic rings. The maximum absolute atomic E-state index is 13.2. The van der Waals surface area contributed by atoms with Crippen LogP contribution in [-0.4, -0.2) is 61.6 Å². The summed E-state index contributed by atoms with van der Waals surface area (Å²) in [6, 6.07) is 8.67. The van der Waals surface area contributed by atoms with Crippen LogP contribution in [-0.2, 0) is 16.0 Å². The molecule has 13 heteroatoms. The molecule has 4 amide bonds. The van der Waals surface area contributed by atoms with E-state index in [2.05, 4.69) is 36.2 Å². The molecule has 3 atom stereocenters. The van der Waals surface area contributed by atoms with Crippen LogP contribution in [0.15, 0.2) is 65.7 Å². The number of fused-ring (bicyclic) bond motifs is 3. The number of carbonyl (C=O) groups is 4. The van der Waals surface area contributed by atoms with Gasteiger partial charge in [0.05, 0.1) is 0 Å². The van der Waals surface area contributed by atoms with Gasteiger partial charge in [-0.3, -0.25) is 23.6 Å². The largest absolute Gasteiger partial charge is 0.446 e. The molecule has 5 rings (SSSR count). The Hall–Kier alpha value is -5.07. The first-order valence-corrected chi connectivity index (χ1v) is 13.4. The van der Waals surface area contributed by atoms with Gasteiger partial charge in [-0.1, -0.05) is 30.3 Å². The van der Waals surface area contributed by atoms with Crippen LogP contribution in [0.4, 0.5) is 0 Å². The molecule has 0 radical (unpaired) electrons. The molecule has 4 N–H and O–H groups in total. The molecule has 2 bridgehead atoms. The summed E-state index contributed by atoms with van der Waals surface area (Å²) in [7, 11) is 0. The van der Waals surface area contributed by atoms with Gasteiger partial charge in [0, 0.05) is 31.6 Å². The van der Waals surface area contributed by atoms with E-state index in [1.807, 2.05) is 30.3 Å². The van der Waals surface area contributed by atoms with Crippen LogP contribution in [0, 0.1) is 0 Å². The number of carbonyl (C=O) groups excluding carboxylic acids is 4. The second-order valence-electron chi connectivity index (χ2n) is 9.78. The second-order valence-corrected chi connectivity index (χ2v) is 9.78. The summed E-state index contributed by atoms with van der Waals surface area (Å²) in [5.74, 6) is -1.42. The van der Waals surface area contributed by atoms with Gasteiger partial charge in [-0.05, 0) is 37.8 Å². The normalized spacial score (nSPS) is 20.6. The standard InChI is InChI=1S/C28H30N8O5/c1-17-27-34-22(16-41-27)26(40)33-20(14-18-8-3-2-4-9-18)23(37)29-11-6-5-10-19(24(38)31-17)32-25(39)21-15-36-13-7-12-30-28(36)35-21/h2-4,7-9,12-13,15-17,19-20H,5-6,10-11,14H2,1H3,(H,29,37)(H,31,38)(H,32,39)(H,33,40)/t17-,19-,20-/m0/s1. The Morgan fingerprint density at radius 1 is 1.07 bits per heavy atom. The lowest BCUT2D eigenvalue weighted by Gasteiger charge is -2.21. The number of hydrogen-bond donors (Lipinski definition) is 4. The highest BCUT2D eigenvalue weighted by Gasteiger charge is 2.28. The third kappa shape index (κ3) is 6.75. The molecule has 4 heterocycles. The molecule has 0 spiro atoms. The second kappa shape index (κ2) is 12.4. The minimum Gasteiger partial charge on any atom is -0.446 e. The first-order chi connectivity index (χ1) is 19.9. The lowest BCUT2D eigenvalue weighted by molar-refractivity contribution is -0.124. The van der Waals surface area contributed by atoms with Gasteiger partial charge in [0.15, 0.2) is 5.69 Å². The fraction of sp³-hybridized carbons (Fsp3) is 0.321. The van der Waals surface area contributed by atoms with E-state index in [-0.39, 0.29) is 23.2 Å². The summed E-state index contributed by atoms with van der Waals surface area (Å²) in [5, 5.41) is 11.2. The average molecular weight is 559 g/mol. The molecule has 41 heavy (non-hydrogen) atoms. The zero-order valence-electron chi connectivity index (χ0n) is 22.4. The first kappa shape index (κ1) is 27.5. The topological polar surface area (TPSA) is 173 Å². The highest BCUT2D eigenvalue weighted by molar-refractivity contribution is 5.97. The van der Waals surface area contributed by atoms with E-state index in [1.54, 1.807) is 29.8 Å². The van der Waals surface area contributed by atoms with Crippen molar-refractivity contribution in [3.05, 3.63) is 84.1 Å². The van der Waals surface area contributed by atoms with Crippen LogP contribution < -0.4 is 21.3 Å². The smallest absolute Gasteiger partial charge is 0.273 e. The Balaban J connectivity index is 1.33. The van der Waals surface area contributed by atoms with Gasteiger partial charge in [0.1, 0.15) is 30.1 Å². The predicted octanol–water partition coefficient (Wildman–Crippen LogP) is 1.33. The SMILES string of the molecule is C[C@@H]1NC(=O)[C@@H](NC(=O)c2cn3cccnc3n2)CCCCNC(=O)[C@H](Cc2ccccc2)NC(=O)c2coc1n2. The summed E-state index contributed by atoms with van der Waals surface area (Å²) < 4.78 is 7.09. The Morgan fingerprint density at radius 2 is 1.90 bits per heavy atom. The Labute approximate surface area is 235 Å². The van der Waals surface area contributed by atoms with Crippen LogP contribution in [0.5, 0.6) is 0 Å². The quantitative estimate of drug-likeness (QED) is 0.290. The van der Waals surface area contributed by atoms with E-state index in [9.17, 15) is 19.2 Å². The number of amides is 4. The Kier molecular flexibility index (Phi) is 8.32. The maximum Gasteiger partial charge on any atom is 0.273 e. The van der Waals surface area contributed by atoms with Crippen molar-refractivity contribution < 1.29 is 23.6 Å². The van der Waals surface area contributed by atoms with Gasteiger partial charge in [-0.15, -0.1) is 0 Å². The molecule has 1 aliphatic rings. The van der Waals surface area contributed by atoms with Crippen molar-refractivity contribution in [2.45, 2.75) is 50.7 Å². The van der Waals surface area contributed by atoms with Gasteiger partial charge in [-0.25, -0.2) is 15.0 Å². The van der Waals surface area contributed by atoms with E-state index in [4.69, 9.17) is 4.42 Å². The molecule has 13 nitrogen and oxygen atoms in total. The summed E-state index contributed by atoms with van der Waals surface area (Å²) in [4.78, 5) is 64.8. The maximum atomic E-state index is 13.2. The summed E-state index contributed by atoms with van der Waals surface area (Å²) in [6.45, 7) is 1.98. The molecule has 0 fully saturated rings. The Bertz CT molecular complexity index is 1520. The van der Waals surface area contributed by atoms with Gasteiger partial charge in [0.25, 0.3) is 11.8 Å². The van der Waals surface area contributed by atoms with Crippen molar-refractivity contribution in [2.24, 2.45) is 0 Å². The molecule has 0 aliphatic carbocycles. The number of aromatic nitrogens is 4. The van der Waals surface area contributed by atoms with Crippen molar-refractivity contribution >= 4 is 29.4 Å². The lowest BCUT2D eigenvalue weighted by atomic mass is 10.0. The van der Waals surface area contributed by atoms with E-state index >= 15 is 0 Å². The zero-order chi connectivity index (χ0) is 28.8. The van der Waals surface area contributed by atoms with Crippen LogP contribution in [0.1, 0.15) is 64.7 Å². The number of imidazole rings is 1. The summed E-state index contributed by atoms with van der Waals surface area (Å²) in [5.41, 5.74) is 0.987. The molecule has 3 aromatic heterocycles. The van der Waals surface area contributed by atoms with E-state index in [0.29, 0.717) is 38.0 Å². The fourth-order valence-electron chi connectivity index (χ4n) is 4.51. The van der Waals surface area contributed by atoms with Crippen molar-refractivity contribution in [1.29, 1.82) is 0 Å². The molecule has 0 unspecified atom stereocenters. The molecule has 0 saturated carbocycles. The van der Waals surface area contributed by atoms with Crippen LogP contribution in [0.3, 0.4) is 0 Å². The van der Waals surface area contributed by atoms with Crippen molar-refractivity contribution in [3.8, 4) is 0 Å². The monoisotopic (exact) mass is 558 g/mol. The minimum absolute atomic E-state index is 0.0237. The Morgan fingerprint density at radius 3 is 2.71 bits per heavy atom. The molecule has 0 saturated heterocycles. The van der Waals surface area contributed by atoms with Crippen molar-refractivity contribution in [1.82, 2.24) is 40.6 Å². The average Bonchev–Trinajstić information content (AvgIpc) is 3.64. The van der Waals surface area contributed by atoms with Crippen molar-refractivity contribution in [2.75, 3.05) is 6.54 Å². The third-order valence-electron chi connectivity index (χ3n) is 6.70. The molecular formula is C28H30N8O5. The van der Waals surface area contributed by atoms with Crippen LogP contribution in [0.25, 0.3) is 5.78 Å². The predicted molar refractivity (Wildman–Crippen MR) is 146 cm³/mol. The van der Waals surface area contributed by atoms with Gasteiger partial charge in [-0.2, -0.15) is 0 Å². The number of oxazole rings is 1. The van der Waals surface area contributed by atoms with Crippen LogP contribution >= 0.6 is 0 Å².